The van der Waals surface area contributed by atoms with E-state index in [2.05, 4.69) is 21.8 Å². The van der Waals surface area contributed by atoms with E-state index in [9.17, 15) is 18.0 Å². The molecule has 2 N–H and O–H groups in total. The van der Waals surface area contributed by atoms with Gasteiger partial charge >= 0.3 is 6.18 Å². The van der Waals surface area contributed by atoms with Crippen LogP contribution in [0.1, 0.15) is 43.0 Å². The number of aromatic nitrogens is 1. The molecule has 39 heavy (non-hydrogen) atoms. The van der Waals surface area contributed by atoms with Crippen molar-refractivity contribution < 1.29 is 32.2 Å². The Morgan fingerprint density at radius 3 is 2.85 bits per heavy atom. The number of fused-ring (bicyclic) bond motifs is 1. The molecule has 216 valence electrons. The van der Waals surface area contributed by atoms with Crippen LogP contribution in [0.5, 0.6) is 0 Å². The fraction of sp³-hybridized carbons (Fsp3) is 0.704. The van der Waals surface area contributed by atoms with Gasteiger partial charge in [-0.2, -0.15) is 13.2 Å². The van der Waals surface area contributed by atoms with Crippen LogP contribution in [-0.4, -0.2) is 91.7 Å². The molecule has 9 nitrogen and oxygen atoms in total. The van der Waals surface area contributed by atoms with Crippen molar-refractivity contribution in [2.24, 2.45) is 5.92 Å². The van der Waals surface area contributed by atoms with Crippen molar-refractivity contribution in [2.45, 2.75) is 75.7 Å². The Morgan fingerprint density at radius 1 is 1.31 bits per heavy atom. The number of ether oxygens (including phenoxy) is 3. The lowest BCUT2D eigenvalue weighted by Crippen LogP contribution is -2.50. The second-order valence-corrected chi connectivity index (χ2v) is 10.9. The van der Waals surface area contributed by atoms with E-state index >= 15 is 0 Å². The van der Waals surface area contributed by atoms with Gasteiger partial charge in [0.1, 0.15) is 0 Å². The van der Waals surface area contributed by atoms with E-state index in [-0.39, 0.29) is 42.8 Å². The minimum atomic E-state index is -4.48. The highest BCUT2D eigenvalue weighted by Gasteiger charge is 2.44. The minimum absolute atomic E-state index is 0.0425. The van der Waals surface area contributed by atoms with Crippen LogP contribution in [0.2, 0.25) is 0 Å². The van der Waals surface area contributed by atoms with Gasteiger partial charge in [-0.05, 0) is 43.9 Å². The summed E-state index contributed by atoms with van der Waals surface area (Å²) in [5.74, 6) is -0.493. The van der Waals surface area contributed by atoms with E-state index in [1.165, 1.54) is 0 Å². The maximum atomic E-state index is 13.9. The predicted octanol–water partition coefficient (Wildman–Crippen LogP) is 2.26. The third-order valence-corrected chi connectivity index (χ3v) is 8.38. The molecule has 4 aliphatic rings. The number of pyridine rings is 1. The van der Waals surface area contributed by atoms with Gasteiger partial charge in [0, 0.05) is 70.8 Å². The molecule has 1 saturated heterocycles. The van der Waals surface area contributed by atoms with E-state index in [0.717, 1.165) is 30.9 Å². The van der Waals surface area contributed by atoms with Crippen molar-refractivity contribution in [2.75, 3.05) is 40.5 Å². The van der Waals surface area contributed by atoms with Crippen molar-refractivity contribution in [3.8, 4) is 0 Å². The summed E-state index contributed by atoms with van der Waals surface area (Å²) < 4.78 is 57.6. The number of rotatable bonds is 7. The molecule has 6 atom stereocenters. The molecule has 0 spiro atoms. The van der Waals surface area contributed by atoms with Gasteiger partial charge in [-0.3, -0.25) is 9.78 Å². The predicted molar refractivity (Wildman–Crippen MR) is 136 cm³/mol. The molecule has 0 aromatic carbocycles. The van der Waals surface area contributed by atoms with Gasteiger partial charge in [-0.15, -0.1) is 0 Å². The number of alkyl halides is 3. The number of hydrazine groups is 1. The molecule has 12 heteroatoms. The summed E-state index contributed by atoms with van der Waals surface area (Å²) in [6.07, 6.45) is 0.337. The molecule has 0 radical (unpaired) electrons. The Kier molecular flexibility index (Phi) is 8.48. The van der Waals surface area contributed by atoms with Crippen molar-refractivity contribution in [3.63, 3.8) is 0 Å². The standard InChI is InChI=1S/C27H38F3N5O4/c1-16(23-4-7-32-34(23)2)39-24-12-19(33-22-6-9-38-15-25(22)37-3)11-20(24)26(36)35-8-5-21-17(14-35)10-18(13-31-21)27(28,29)30/h4,10,13,16,19-20,22,24-25,32-33H,5-9,11-12,14-15H2,1-3H3/t16?,19?,20?,22?,24-,25?/m1/s1. The van der Waals surface area contributed by atoms with Gasteiger partial charge in [-0.1, -0.05) is 0 Å². The van der Waals surface area contributed by atoms with Crippen molar-refractivity contribution in [3.05, 3.63) is 40.9 Å². The van der Waals surface area contributed by atoms with E-state index in [0.29, 0.717) is 50.3 Å². The van der Waals surface area contributed by atoms with Gasteiger partial charge < -0.3 is 29.4 Å². The molecular formula is C27H38F3N5O4. The maximum Gasteiger partial charge on any atom is 0.417 e. The summed E-state index contributed by atoms with van der Waals surface area (Å²) in [6, 6.07) is 1.28. The molecule has 5 rings (SSSR count). The Morgan fingerprint density at radius 2 is 2.13 bits per heavy atom. The highest BCUT2D eigenvalue weighted by molar-refractivity contribution is 5.80. The van der Waals surface area contributed by atoms with Gasteiger partial charge in [0.05, 0.1) is 42.1 Å². The molecule has 1 aromatic heterocycles. The summed E-state index contributed by atoms with van der Waals surface area (Å²) in [6.45, 7) is 4.42. The Balaban J connectivity index is 1.32. The molecular weight excluding hydrogens is 515 g/mol. The van der Waals surface area contributed by atoms with Crippen LogP contribution in [0.25, 0.3) is 0 Å². The van der Waals surface area contributed by atoms with E-state index in [1.807, 2.05) is 19.0 Å². The number of nitrogens with one attached hydrogen (secondary N) is 2. The second-order valence-electron chi connectivity index (χ2n) is 10.9. The normalized spacial score (nSPS) is 30.3. The molecule has 0 bridgehead atoms. The second kappa shape index (κ2) is 11.7. The summed E-state index contributed by atoms with van der Waals surface area (Å²) in [4.78, 5) is 19.6. The van der Waals surface area contributed by atoms with Gasteiger partial charge in [-0.25, -0.2) is 5.43 Å². The molecule has 1 saturated carbocycles. The Labute approximate surface area is 227 Å². The quantitative estimate of drug-likeness (QED) is 0.532. The number of likely N-dealkylation sites (N-methyl/N-ethyl adjacent to an activating group) is 1. The lowest BCUT2D eigenvalue weighted by molar-refractivity contribution is -0.142. The number of methoxy groups -OCH3 is 1. The summed E-state index contributed by atoms with van der Waals surface area (Å²) in [5.41, 5.74) is 4.52. The topological polar surface area (TPSA) is 88.2 Å². The number of hydrogen-bond donors (Lipinski definition) is 2. The van der Waals surface area contributed by atoms with Gasteiger partial charge in [0.15, 0.2) is 0 Å². The average Bonchev–Trinajstić information content (AvgIpc) is 3.53. The fourth-order valence-electron chi connectivity index (χ4n) is 6.27. The van der Waals surface area contributed by atoms with Crippen LogP contribution < -0.4 is 10.7 Å². The van der Waals surface area contributed by atoms with Gasteiger partial charge in [0.25, 0.3) is 0 Å². The molecule has 1 aliphatic carbocycles. The number of carbonyl (C=O) groups is 1. The number of nitrogens with zero attached hydrogens (tertiary/aromatic N) is 3. The van der Waals surface area contributed by atoms with E-state index in [1.54, 1.807) is 12.0 Å². The monoisotopic (exact) mass is 553 g/mol. The lowest BCUT2D eigenvalue weighted by atomic mass is 9.98. The van der Waals surface area contributed by atoms with Crippen molar-refractivity contribution in [1.29, 1.82) is 0 Å². The zero-order valence-electron chi connectivity index (χ0n) is 22.7. The third kappa shape index (κ3) is 6.25. The van der Waals surface area contributed by atoms with Crippen LogP contribution in [-0.2, 0) is 38.1 Å². The molecule has 1 amide bonds. The summed E-state index contributed by atoms with van der Waals surface area (Å²) in [5, 5.41) is 5.63. The highest BCUT2D eigenvalue weighted by Crippen LogP contribution is 2.36. The zero-order valence-corrected chi connectivity index (χ0v) is 22.7. The molecule has 2 fully saturated rings. The summed E-state index contributed by atoms with van der Waals surface area (Å²) >= 11 is 0. The molecule has 3 aliphatic heterocycles. The van der Waals surface area contributed by atoms with Gasteiger partial charge in [0.2, 0.25) is 5.91 Å². The SMILES string of the molecule is COC1COCCC1NC1CC(C(=O)N2CCc3ncc(C(F)(F)F)cc3C2)[C@H](OC(C)C2=CCNN2C)C1. The third-order valence-electron chi connectivity index (χ3n) is 8.38. The minimum Gasteiger partial charge on any atom is -0.379 e. The van der Waals surface area contributed by atoms with E-state index in [4.69, 9.17) is 14.2 Å². The first-order chi connectivity index (χ1) is 18.6. The number of hydrogen-bond acceptors (Lipinski definition) is 8. The fourth-order valence-corrected chi connectivity index (χ4v) is 6.27. The molecule has 5 unspecified atom stereocenters. The lowest BCUT2D eigenvalue weighted by Gasteiger charge is -2.33. The first-order valence-electron chi connectivity index (χ1n) is 13.7. The summed E-state index contributed by atoms with van der Waals surface area (Å²) in [7, 11) is 3.61. The Hall–Kier alpha value is -2.25. The Bertz CT molecular complexity index is 1070. The largest absolute Gasteiger partial charge is 0.417 e. The molecule has 1 aromatic rings. The first kappa shape index (κ1) is 28.3. The smallest absolute Gasteiger partial charge is 0.379 e. The number of amides is 1. The van der Waals surface area contributed by atoms with Crippen molar-refractivity contribution in [1.82, 2.24) is 25.6 Å². The van der Waals surface area contributed by atoms with Crippen molar-refractivity contribution >= 4 is 5.91 Å². The first-order valence-corrected chi connectivity index (χ1v) is 13.7. The van der Waals surface area contributed by atoms with E-state index < -0.39 is 17.7 Å². The van der Waals surface area contributed by atoms with Crippen LogP contribution in [0.3, 0.4) is 0 Å². The van der Waals surface area contributed by atoms with Crippen LogP contribution in [0, 0.1) is 5.92 Å². The average molecular weight is 554 g/mol. The number of carbonyl (C=O) groups excluding carboxylic acids is 1. The van der Waals surface area contributed by atoms with Crippen LogP contribution in [0.15, 0.2) is 24.0 Å². The van der Waals surface area contributed by atoms with Crippen LogP contribution >= 0.6 is 0 Å². The highest BCUT2D eigenvalue weighted by atomic mass is 19.4. The molecule has 4 heterocycles. The number of halogens is 3. The maximum absolute atomic E-state index is 13.9. The van der Waals surface area contributed by atoms with Crippen LogP contribution in [0.4, 0.5) is 13.2 Å². The zero-order chi connectivity index (χ0) is 27.7.